The summed E-state index contributed by atoms with van der Waals surface area (Å²) < 4.78 is 0.995. The number of phenolic OH excluding ortho intramolecular Hbond substituents is 1. The minimum atomic E-state index is -0.203. The summed E-state index contributed by atoms with van der Waals surface area (Å²) in [6, 6.07) is 4.32. The van der Waals surface area contributed by atoms with Crippen LogP contribution in [0.1, 0.15) is 62.1 Å². The predicted octanol–water partition coefficient (Wildman–Crippen LogP) is 5.17. The Labute approximate surface area is 209 Å². The molecule has 0 saturated carbocycles. The van der Waals surface area contributed by atoms with Gasteiger partial charge in [-0.05, 0) is 61.8 Å². The molecule has 4 rings (SSSR count). The Kier molecular flexibility index (Phi) is 8.95. The Morgan fingerprint density at radius 1 is 0.909 bits per heavy atom. The van der Waals surface area contributed by atoms with Crippen molar-refractivity contribution in [3.8, 4) is 16.2 Å². The average Bonchev–Trinajstić information content (AvgIpc) is 3.18. The van der Waals surface area contributed by atoms with Crippen LogP contribution < -0.4 is 0 Å². The second-order valence-electron chi connectivity index (χ2n) is 9.52. The Balaban J connectivity index is 1.66. The zero-order chi connectivity index (χ0) is 23.4. The van der Waals surface area contributed by atoms with Crippen molar-refractivity contribution in [3.05, 3.63) is 32.6 Å². The van der Waals surface area contributed by atoms with E-state index >= 15 is 0 Å². The molecular formula is C25H36N2O3S3. The number of aliphatic hydroxyl groups is 2. The molecule has 8 heteroatoms. The van der Waals surface area contributed by atoms with Crippen LogP contribution in [0.15, 0.2) is 12.1 Å². The molecule has 3 N–H and O–H groups in total. The van der Waals surface area contributed by atoms with E-state index in [0.717, 1.165) is 91.6 Å². The predicted molar refractivity (Wildman–Crippen MR) is 140 cm³/mol. The number of nitrogens with zero attached hydrogens (tertiary/aromatic N) is 2. The van der Waals surface area contributed by atoms with Crippen LogP contribution in [0, 0.1) is 3.82 Å². The summed E-state index contributed by atoms with van der Waals surface area (Å²) in [7, 11) is 3.44. The van der Waals surface area contributed by atoms with Crippen LogP contribution in [-0.2, 0) is 19.5 Å². The number of piperidine rings is 2. The molecule has 5 nitrogen and oxygen atoms in total. The molecule has 2 aromatic rings. The second-order valence-corrected chi connectivity index (χ2v) is 12.3. The molecule has 2 aliphatic rings. The fourth-order valence-corrected chi connectivity index (χ4v) is 7.82. The zero-order valence-electron chi connectivity index (χ0n) is 19.5. The lowest BCUT2D eigenvalue weighted by atomic mass is 9.98. The van der Waals surface area contributed by atoms with Crippen LogP contribution in [0.3, 0.4) is 0 Å². The first kappa shape index (κ1) is 25.2. The lowest BCUT2D eigenvalue weighted by Crippen LogP contribution is -2.36. The van der Waals surface area contributed by atoms with Crippen molar-refractivity contribution in [2.75, 3.05) is 26.2 Å². The second kappa shape index (κ2) is 11.7. The fraction of sp³-hybridized carbons (Fsp3) is 0.640. The van der Waals surface area contributed by atoms with Crippen LogP contribution in [0.25, 0.3) is 10.4 Å². The maximum atomic E-state index is 11.3. The summed E-state index contributed by atoms with van der Waals surface area (Å²) in [5, 5.41) is 31.0. The van der Waals surface area contributed by atoms with Crippen molar-refractivity contribution in [2.45, 2.75) is 77.2 Å². The van der Waals surface area contributed by atoms with Gasteiger partial charge >= 0.3 is 0 Å². The summed E-state index contributed by atoms with van der Waals surface area (Å²) >= 11 is 5.68. The molecule has 2 fully saturated rings. The van der Waals surface area contributed by atoms with Gasteiger partial charge < -0.3 is 15.3 Å². The minimum absolute atomic E-state index is 0.203. The SMILES string of the molecule is CCCCc1c(-c2cc(CN3CCC(O)CC3)c(O)c(CN3CCC(O)CC3)c2)ssc1=S. The van der Waals surface area contributed by atoms with Gasteiger partial charge in [-0.2, -0.15) is 0 Å². The van der Waals surface area contributed by atoms with E-state index in [0.29, 0.717) is 18.8 Å². The number of hydrogen-bond acceptors (Lipinski definition) is 8. The van der Waals surface area contributed by atoms with Crippen molar-refractivity contribution in [1.29, 1.82) is 0 Å². The Morgan fingerprint density at radius 2 is 1.42 bits per heavy atom. The van der Waals surface area contributed by atoms with E-state index in [9.17, 15) is 15.3 Å². The monoisotopic (exact) mass is 508 g/mol. The van der Waals surface area contributed by atoms with E-state index in [-0.39, 0.29) is 12.2 Å². The molecule has 182 valence electrons. The highest BCUT2D eigenvalue weighted by Gasteiger charge is 2.23. The van der Waals surface area contributed by atoms with E-state index in [4.69, 9.17) is 12.2 Å². The molecule has 33 heavy (non-hydrogen) atoms. The first-order valence-electron chi connectivity index (χ1n) is 12.2. The quantitative estimate of drug-likeness (QED) is 0.338. The minimum Gasteiger partial charge on any atom is -0.507 e. The molecule has 3 heterocycles. The number of phenols is 1. The maximum absolute atomic E-state index is 11.3. The highest BCUT2D eigenvalue weighted by Crippen LogP contribution is 2.39. The molecular weight excluding hydrogens is 472 g/mol. The molecule has 0 radical (unpaired) electrons. The van der Waals surface area contributed by atoms with E-state index < -0.39 is 0 Å². The Hall–Kier alpha value is -0.870. The maximum Gasteiger partial charge on any atom is 0.124 e. The molecule has 2 saturated heterocycles. The summed E-state index contributed by atoms with van der Waals surface area (Å²) in [6.07, 6.45) is 6.02. The largest absolute Gasteiger partial charge is 0.507 e. The van der Waals surface area contributed by atoms with Gasteiger partial charge in [-0.3, -0.25) is 9.80 Å². The number of hydrogen-bond donors (Lipinski definition) is 3. The molecule has 0 amide bonds. The molecule has 0 spiro atoms. The van der Waals surface area contributed by atoms with E-state index in [2.05, 4.69) is 28.9 Å². The summed E-state index contributed by atoms with van der Waals surface area (Å²) in [5.74, 6) is 0.393. The van der Waals surface area contributed by atoms with Crippen LogP contribution in [0.2, 0.25) is 0 Å². The van der Waals surface area contributed by atoms with Crippen molar-refractivity contribution < 1.29 is 15.3 Å². The van der Waals surface area contributed by atoms with Crippen molar-refractivity contribution in [1.82, 2.24) is 9.80 Å². The number of likely N-dealkylation sites (tertiary alicyclic amines) is 2. The number of rotatable bonds is 8. The third-order valence-electron chi connectivity index (χ3n) is 6.93. The van der Waals surface area contributed by atoms with Gasteiger partial charge in [-0.1, -0.05) is 46.2 Å². The molecule has 0 atom stereocenters. The van der Waals surface area contributed by atoms with E-state index in [1.54, 1.807) is 20.7 Å². The van der Waals surface area contributed by atoms with E-state index in [1.807, 2.05) is 0 Å². The molecule has 0 unspecified atom stereocenters. The van der Waals surface area contributed by atoms with Crippen molar-refractivity contribution in [3.63, 3.8) is 0 Å². The number of benzene rings is 1. The first-order valence-corrected chi connectivity index (χ1v) is 14.8. The van der Waals surface area contributed by atoms with Crippen LogP contribution in [0.4, 0.5) is 0 Å². The van der Waals surface area contributed by atoms with Crippen LogP contribution >= 0.6 is 32.9 Å². The lowest BCUT2D eigenvalue weighted by molar-refractivity contribution is 0.0779. The Bertz CT molecular complexity index is 929. The smallest absolute Gasteiger partial charge is 0.124 e. The molecule has 0 bridgehead atoms. The number of aliphatic hydroxyl groups excluding tert-OH is 2. The van der Waals surface area contributed by atoms with Crippen LogP contribution in [0.5, 0.6) is 5.75 Å². The van der Waals surface area contributed by atoms with Gasteiger partial charge in [0.15, 0.2) is 0 Å². The summed E-state index contributed by atoms with van der Waals surface area (Å²) in [5.41, 5.74) is 4.37. The third-order valence-corrected chi connectivity index (χ3v) is 10.1. The van der Waals surface area contributed by atoms with E-state index in [1.165, 1.54) is 10.4 Å². The average molecular weight is 509 g/mol. The van der Waals surface area contributed by atoms with Gasteiger partial charge in [0.1, 0.15) is 9.57 Å². The van der Waals surface area contributed by atoms with Crippen molar-refractivity contribution >= 4 is 32.9 Å². The van der Waals surface area contributed by atoms with Gasteiger partial charge in [0.05, 0.1) is 17.1 Å². The topological polar surface area (TPSA) is 67.2 Å². The first-order chi connectivity index (χ1) is 15.9. The molecule has 1 aromatic heterocycles. The van der Waals surface area contributed by atoms with Gasteiger partial charge in [0.2, 0.25) is 0 Å². The molecule has 1 aromatic carbocycles. The molecule has 2 aliphatic heterocycles. The van der Waals surface area contributed by atoms with Gasteiger partial charge in [-0.25, -0.2) is 0 Å². The Morgan fingerprint density at radius 3 is 1.91 bits per heavy atom. The van der Waals surface area contributed by atoms with Crippen molar-refractivity contribution in [2.24, 2.45) is 0 Å². The summed E-state index contributed by atoms with van der Waals surface area (Å²) in [4.78, 5) is 5.92. The molecule has 0 aliphatic carbocycles. The summed E-state index contributed by atoms with van der Waals surface area (Å²) in [6.45, 7) is 7.00. The third kappa shape index (κ3) is 6.42. The number of unbranched alkanes of at least 4 members (excludes halogenated alkanes) is 1. The van der Waals surface area contributed by atoms with Gasteiger partial charge in [-0.15, -0.1) is 0 Å². The lowest BCUT2D eigenvalue weighted by Gasteiger charge is -2.31. The normalized spacial score (nSPS) is 19.4. The highest BCUT2D eigenvalue weighted by molar-refractivity contribution is 7.80. The van der Waals surface area contributed by atoms with Gasteiger partial charge in [0, 0.05) is 50.4 Å². The van der Waals surface area contributed by atoms with Crippen LogP contribution in [-0.4, -0.2) is 63.5 Å². The fourth-order valence-electron chi connectivity index (χ4n) is 4.83. The standard InChI is InChI=1S/C25H36N2O3S3/c1-2-3-4-22-24(32-33-25(22)31)17-13-18(15-26-9-5-20(28)6-10-26)23(30)19(14-17)16-27-11-7-21(29)8-12-27/h13-14,20-21,28-30H,2-12,15-16H2,1H3. The van der Waals surface area contributed by atoms with Gasteiger partial charge in [0.25, 0.3) is 0 Å². The highest BCUT2D eigenvalue weighted by atomic mass is 32.9. The number of aromatic hydroxyl groups is 1. The zero-order valence-corrected chi connectivity index (χ0v) is 21.9.